The summed E-state index contributed by atoms with van der Waals surface area (Å²) in [5, 5.41) is 1.69. The highest BCUT2D eigenvalue weighted by molar-refractivity contribution is 7.81. The quantitative estimate of drug-likeness (QED) is 0.536. The first kappa shape index (κ1) is 17.5. The Hall–Kier alpha value is -2.29. The van der Waals surface area contributed by atoms with Gasteiger partial charge in [-0.15, -0.1) is 0 Å². The normalized spacial score (nSPS) is 15.1. The molecule has 0 N–H and O–H groups in total. The van der Waals surface area contributed by atoms with Crippen LogP contribution in [-0.4, -0.2) is 0 Å². The van der Waals surface area contributed by atoms with Crippen molar-refractivity contribution >= 4 is 17.8 Å². The zero-order valence-electron chi connectivity index (χ0n) is 14.6. The van der Waals surface area contributed by atoms with Crippen molar-refractivity contribution in [2.45, 2.75) is 32.6 Å². The molecule has 1 nitrogen and oxygen atoms in total. The Kier molecular flexibility index (Phi) is 5.75. The lowest BCUT2D eigenvalue weighted by atomic mass is 10.00. The maximum Gasteiger partial charge on any atom is 0.165 e. The van der Waals surface area contributed by atoms with Crippen molar-refractivity contribution in [2.24, 2.45) is 0 Å². The summed E-state index contributed by atoms with van der Waals surface area (Å²) in [4.78, 5) is 0. The molecule has 1 aliphatic carbocycles. The maximum atomic E-state index is 13.9. The van der Waals surface area contributed by atoms with Crippen LogP contribution < -0.4 is 10.6 Å². The Balaban J connectivity index is 2.00. The van der Waals surface area contributed by atoms with Gasteiger partial charge in [0.25, 0.3) is 0 Å². The third kappa shape index (κ3) is 4.41. The summed E-state index contributed by atoms with van der Waals surface area (Å²) in [6, 6.07) is 19.4. The predicted octanol–water partition coefficient (Wildman–Crippen LogP) is 5.41. The van der Waals surface area contributed by atoms with E-state index in [-0.39, 0.29) is 0 Å². The first-order chi connectivity index (χ1) is 12.2. The smallest absolute Gasteiger partial charge is 0.165 e. The van der Waals surface area contributed by atoms with Crippen LogP contribution in [0.4, 0.5) is 0 Å². The van der Waals surface area contributed by atoms with Gasteiger partial charge in [0.15, 0.2) is 7.14 Å². The van der Waals surface area contributed by atoms with Crippen molar-refractivity contribution in [3.63, 3.8) is 0 Å². The molecule has 0 aromatic heterocycles. The molecule has 0 bridgehead atoms. The van der Waals surface area contributed by atoms with Gasteiger partial charge in [-0.2, -0.15) is 0 Å². The van der Waals surface area contributed by atoms with E-state index >= 15 is 0 Å². The molecule has 1 aliphatic rings. The average molecular weight is 346 g/mol. The minimum Gasteiger partial charge on any atom is -0.309 e. The summed E-state index contributed by atoms with van der Waals surface area (Å²) in [5.41, 5.74) is 2.08. The van der Waals surface area contributed by atoms with Gasteiger partial charge in [-0.25, -0.2) is 0 Å². The number of rotatable bonds is 3. The molecule has 2 aromatic carbocycles. The first-order valence-electron chi connectivity index (χ1n) is 8.80. The number of allylic oxidation sites excluding steroid dienone is 3. The third-order valence-electron chi connectivity index (χ3n) is 4.37. The highest BCUT2D eigenvalue weighted by atomic mass is 31.2. The maximum absolute atomic E-state index is 13.9. The van der Waals surface area contributed by atoms with Gasteiger partial charge in [0.1, 0.15) is 0 Å². The molecule has 3 rings (SSSR count). The number of hydrogen-bond acceptors (Lipinski definition) is 1. The van der Waals surface area contributed by atoms with E-state index in [9.17, 15) is 4.57 Å². The highest BCUT2D eigenvalue weighted by Gasteiger charge is 2.24. The lowest BCUT2D eigenvalue weighted by Gasteiger charge is -2.15. The summed E-state index contributed by atoms with van der Waals surface area (Å²) in [6.45, 7) is 1.95. The molecular weight excluding hydrogens is 323 g/mol. The molecule has 126 valence electrons. The van der Waals surface area contributed by atoms with E-state index < -0.39 is 7.14 Å². The Morgan fingerprint density at radius 3 is 2.08 bits per heavy atom. The summed E-state index contributed by atoms with van der Waals surface area (Å²) in [5.74, 6) is 8.36. The minimum absolute atomic E-state index is 0.847. The second-order valence-electron chi connectivity index (χ2n) is 6.37. The van der Waals surface area contributed by atoms with Crippen LogP contribution in [0.25, 0.3) is 0 Å². The third-order valence-corrected chi connectivity index (χ3v) is 7.25. The van der Waals surface area contributed by atoms with Crippen molar-refractivity contribution in [1.29, 1.82) is 0 Å². The standard InChI is InChI=1S/C23H23OP/c1-20(17-18-21-11-5-2-6-12-21)19-25(24,22-13-7-3-8-14-22)23-15-9-4-10-16-23/h3-4,7-11,13-16,19H,2,5-6,12H2,1H3/b20-19-. The van der Waals surface area contributed by atoms with Crippen molar-refractivity contribution < 1.29 is 4.57 Å². The van der Waals surface area contributed by atoms with Gasteiger partial charge >= 0.3 is 0 Å². The zero-order valence-corrected chi connectivity index (χ0v) is 15.5. The molecule has 0 amide bonds. The molecule has 0 spiro atoms. The van der Waals surface area contributed by atoms with Gasteiger partial charge in [-0.3, -0.25) is 0 Å². The monoisotopic (exact) mass is 346 g/mol. The number of hydrogen-bond donors (Lipinski definition) is 0. The Morgan fingerprint density at radius 1 is 0.960 bits per heavy atom. The van der Waals surface area contributed by atoms with Crippen LogP contribution in [0, 0.1) is 11.8 Å². The fraction of sp³-hybridized carbons (Fsp3) is 0.217. The first-order valence-corrected chi connectivity index (χ1v) is 10.6. The minimum atomic E-state index is -2.83. The van der Waals surface area contributed by atoms with Crippen LogP contribution in [0.2, 0.25) is 0 Å². The van der Waals surface area contributed by atoms with Crippen molar-refractivity contribution in [3.05, 3.63) is 83.7 Å². The molecule has 0 saturated heterocycles. The average Bonchev–Trinajstić information content (AvgIpc) is 2.68. The van der Waals surface area contributed by atoms with E-state index in [1.165, 1.54) is 18.4 Å². The fourth-order valence-electron chi connectivity index (χ4n) is 3.03. The predicted molar refractivity (Wildman–Crippen MR) is 108 cm³/mol. The van der Waals surface area contributed by atoms with E-state index in [1.807, 2.05) is 73.4 Å². The lowest BCUT2D eigenvalue weighted by molar-refractivity contribution is 0.592. The summed E-state index contributed by atoms with van der Waals surface area (Å²) in [6.07, 6.45) is 6.90. The van der Waals surface area contributed by atoms with Crippen LogP contribution >= 0.6 is 7.14 Å². The van der Waals surface area contributed by atoms with E-state index in [0.717, 1.165) is 29.0 Å². The molecule has 0 saturated carbocycles. The lowest BCUT2D eigenvalue weighted by Crippen LogP contribution is -2.14. The van der Waals surface area contributed by atoms with E-state index in [4.69, 9.17) is 0 Å². The molecule has 0 unspecified atom stereocenters. The van der Waals surface area contributed by atoms with Crippen molar-refractivity contribution in [1.82, 2.24) is 0 Å². The van der Waals surface area contributed by atoms with E-state index in [1.54, 1.807) is 0 Å². The molecule has 2 heteroatoms. The second-order valence-corrected chi connectivity index (χ2v) is 8.97. The molecule has 0 heterocycles. The topological polar surface area (TPSA) is 17.1 Å². The molecule has 2 aromatic rings. The van der Waals surface area contributed by atoms with Crippen LogP contribution in [0.3, 0.4) is 0 Å². The molecule has 0 atom stereocenters. The van der Waals surface area contributed by atoms with Gasteiger partial charge in [0.2, 0.25) is 0 Å². The summed E-state index contributed by atoms with van der Waals surface area (Å²) in [7, 11) is -2.83. The molecule has 0 fully saturated rings. The Morgan fingerprint density at radius 2 is 1.56 bits per heavy atom. The van der Waals surface area contributed by atoms with E-state index in [2.05, 4.69) is 17.9 Å². The SMILES string of the molecule is C/C(C#CC1=CCCCC1)=C/P(=O)(c1ccccc1)c1ccccc1. The highest BCUT2D eigenvalue weighted by Crippen LogP contribution is 2.45. The van der Waals surface area contributed by atoms with Gasteiger partial charge in [0, 0.05) is 16.2 Å². The molecular formula is C23H23OP. The van der Waals surface area contributed by atoms with Crippen LogP contribution in [0.1, 0.15) is 32.6 Å². The van der Waals surface area contributed by atoms with Gasteiger partial charge in [-0.1, -0.05) is 78.6 Å². The largest absolute Gasteiger partial charge is 0.309 e. The zero-order chi connectivity index (χ0) is 17.5. The molecule has 0 aliphatic heterocycles. The summed E-state index contributed by atoms with van der Waals surface area (Å²) < 4.78 is 13.9. The fourth-order valence-corrected chi connectivity index (χ4v) is 5.47. The van der Waals surface area contributed by atoms with Crippen molar-refractivity contribution in [3.8, 4) is 11.8 Å². The van der Waals surface area contributed by atoms with Crippen LogP contribution in [0.5, 0.6) is 0 Å². The Bertz CT molecular complexity index is 836. The molecule has 25 heavy (non-hydrogen) atoms. The Labute approximate surface area is 150 Å². The second kappa shape index (κ2) is 8.19. The van der Waals surface area contributed by atoms with Crippen molar-refractivity contribution in [2.75, 3.05) is 0 Å². The van der Waals surface area contributed by atoms with Gasteiger partial charge < -0.3 is 4.57 Å². The van der Waals surface area contributed by atoms with Gasteiger partial charge in [0.05, 0.1) is 0 Å². The van der Waals surface area contributed by atoms with E-state index in [0.29, 0.717) is 0 Å². The van der Waals surface area contributed by atoms with Crippen LogP contribution in [-0.2, 0) is 4.57 Å². The van der Waals surface area contributed by atoms with Gasteiger partial charge in [-0.05, 0) is 44.0 Å². The van der Waals surface area contributed by atoms with Crippen LogP contribution in [0.15, 0.2) is 83.7 Å². The number of benzene rings is 2. The summed E-state index contributed by atoms with van der Waals surface area (Å²) >= 11 is 0. The molecule has 0 radical (unpaired) electrons.